The van der Waals surface area contributed by atoms with Gasteiger partial charge in [0.2, 0.25) is 0 Å². The van der Waals surface area contributed by atoms with Crippen molar-refractivity contribution in [3.05, 3.63) is 30.3 Å². The molecule has 0 saturated heterocycles. The Morgan fingerprint density at radius 2 is 2.57 bits per heavy atom. The summed E-state index contributed by atoms with van der Waals surface area (Å²) in [5, 5.41) is 0. The number of hydrogen-bond acceptors (Lipinski definition) is 1. The van der Waals surface area contributed by atoms with Gasteiger partial charge < -0.3 is 0 Å². The predicted octanol–water partition coefficient (Wildman–Crippen LogP) is 0.821. The van der Waals surface area contributed by atoms with Crippen LogP contribution < -0.4 is 0 Å². The first kappa shape index (κ1) is 4.24. The molecule has 0 bridgehead atoms. The molecule has 34 valence electrons. The SMILES string of the molecule is Fc1c[c][c]nc1. The highest BCUT2D eigenvalue weighted by atomic mass is 19.1. The highest BCUT2D eigenvalue weighted by molar-refractivity contribution is 4.89. The van der Waals surface area contributed by atoms with E-state index in [-0.39, 0.29) is 5.82 Å². The smallest absolute Gasteiger partial charge is 0.142 e. The zero-order chi connectivity index (χ0) is 5.11. The molecule has 1 aromatic rings. The average molecular weight is 95.1 g/mol. The number of halogens is 1. The highest BCUT2D eigenvalue weighted by Crippen LogP contribution is 1.86. The molecule has 2 heteroatoms. The summed E-state index contributed by atoms with van der Waals surface area (Å²) >= 11 is 0. The zero-order valence-electron chi connectivity index (χ0n) is 3.48. The molecule has 0 aliphatic heterocycles. The number of pyridine rings is 1. The van der Waals surface area contributed by atoms with Crippen LogP contribution in [0, 0.1) is 18.1 Å². The minimum absolute atomic E-state index is 0.376. The van der Waals surface area contributed by atoms with Gasteiger partial charge in [0, 0.05) is 6.07 Å². The second-order valence-corrected chi connectivity index (χ2v) is 1.04. The van der Waals surface area contributed by atoms with Crippen LogP contribution in [-0.4, -0.2) is 4.98 Å². The fourth-order valence-corrected chi connectivity index (χ4v) is 0.270. The van der Waals surface area contributed by atoms with Crippen molar-refractivity contribution < 1.29 is 4.39 Å². The summed E-state index contributed by atoms with van der Waals surface area (Å²) in [6.45, 7) is 0. The van der Waals surface area contributed by atoms with E-state index in [1.165, 1.54) is 6.07 Å². The normalized spacial score (nSPS) is 8.71. The Hall–Kier alpha value is -0.920. The van der Waals surface area contributed by atoms with E-state index in [1.807, 2.05) is 0 Å². The lowest BCUT2D eigenvalue weighted by Gasteiger charge is -1.76. The molecule has 0 fully saturated rings. The van der Waals surface area contributed by atoms with Gasteiger partial charge in [-0.1, -0.05) is 0 Å². The Kier molecular flexibility index (Phi) is 1.02. The van der Waals surface area contributed by atoms with Gasteiger partial charge in [-0.2, -0.15) is 0 Å². The number of nitrogens with zero attached hydrogens (tertiary/aromatic N) is 1. The molecule has 0 aliphatic rings. The number of hydrogen-bond donors (Lipinski definition) is 0. The number of rotatable bonds is 0. The zero-order valence-corrected chi connectivity index (χ0v) is 3.48. The molecule has 1 aromatic heterocycles. The van der Waals surface area contributed by atoms with E-state index in [4.69, 9.17) is 0 Å². The third-order valence-electron chi connectivity index (χ3n) is 0.527. The fourth-order valence-electron chi connectivity index (χ4n) is 0.270. The maximum atomic E-state index is 11.8. The van der Waals surface area contributed by atoms with Gasteiger partial charge in [0.15, 0.2) is 0 Å². The second kappa shape index (κ2) is 1.69. The van der Waals surface area contributed by atoms with Crippen LogP contribution in [0.1, 0.15) is 0 Å². The molecule has 0 unspecified atom stereocenters. The summed E-state index contributed by atoms with van der Waals surface area (Å²) in [6.07, 6.45) is 3.40. The van der Waals surface area contributed by atoms with Gasteiger partial charge in [-0.25, -0.2) is 4.39 Å². The van der Waals surface area contributed by atoms with Crippen molar-refractivity contribution in [1.82, 2.24) is 4.98 Å². The van der Waals surface area contributed by atoms with Crippen molar-refractivity contribution in [2.75, 3.05) is 0 Å². The largest absolute Gasteiger partial charge is 0.251 e. The van der Waals surface area contributed by atoms with Crippen molar-refractivity contribution in [3.8, 4) is 0 Å². The topological polar surface area (TPSA) is 12.9 Å². The van der Waals surface area contributed by atoms with Gasteiger partial charge >= 0.3 is 0 Å². The van der Waals surface area contributed by atoms with Crippen LogP contribution in [0.15, 0.2) is 12.3 Å². The third-order valence-corrected chi connectivity index (χ3v) is 0.527. The molecule has 0 spiro atoms. The van der Waals surface area contributed by atoms with E-state index >= 15 is 0 Å². The Balaban J connectivity index is 3.02. The first-order valence-corrected chi connectivity index (χ1v) is 1.79. The van der Waals surface area contributed by atoms with Crippen LogP contribution in [-0.2, 0) is 0 Å². The second-order valence-electron chi connectivity index (χ2n) is 1.04. The van der Waals surface area contributed by atoms with Crippen LogP contribution in [0.5, 0.6) is 0 Å². The summed E-state index contributed by atoms with van der Waals surface area (Å²) in [4.78, 5) is 3.33. The summed E-state index contributed by atoms with van der Waals surface area (Å²) in [6, 6.07) is 3.52. The van der Waals surface area contributed by atoms with E-state index in [0.29, 0.717) is 0 Å². The fraction of sp³-hybridized carbons (Fsp3) is 0. The quantitative estimate of drug-likeness (QED) is 0.465. The molecule has 1 rings (SSSR count). The Morgan fingerprint density at radius 1 is 1.71 bits per heavy atom. The van der Waals surface area contributed by atoms with Crippen LogP contribution in [0.4, 0.5) is 4.39 Å². The molecule has 0 amide bonds. The Labute approximate surface area is 40.8 Å². The lowest BCUT2D eigenvalue weighted by atomic mass is 10.5. The third kappa shape index (κ3) is 0.961. The maximum Gasteiger partial charge on any atom is 0.142 e. The maximum absolute atomic E-state index is 11.8. The lowest BCUT2D eigenvalue weighted by molar-refractivity contribution is 0.621. The van der Waals surface area contributed by atoms with Crippen LogP contribution >= 0.6 is 0 Å². The van der Waals surface area contributed by atoms with E-state index in [1.54, 1.807) is 0 Å². The van der Waals surface area contributed by atoms with E-state index in [2.05, 4.69) is 17.2 Å². The minimum Gasteiger partial charge on any atom is -0.251 e. The van der Waals surface area contributed by atoms with Gasteiger partial charge in [-0.05, 0) is 6.07 Å². The minimum atomic E-state index is -0.376. The Bertz CT molecular complexity index is 138. The van der Waals surface area contributed by atoms with Crippen molar-refractivity contribution in [1.29, 1.82) is 0 Å². The van der Waals surface area contributed by atoms with Gasteiger partial charge in [0.1, 0.15) is 5.82 Å². The lowest BCUT2D eigenvalue weighted by Crippen LogP contribution is -1.72. The first-order valence-electron chi connectivity index (χ1n) is 1.79. The van der Waals surface area contributed by atoms with Gasteiger partial charge in [0.05, 0.1) is 12.4 Å². The van der Waals surface area contributed by atoms with Crippen LogP contribution in [0.25, 0.3) is 0 Å². The van der Waals surface area contributed by atoms with Crippen molar-refractivity contribution in [3.63, 3.8) is 0 Å². The molecule has 2 radical (unpaired) electrons. The summed E-state index contributed by atoms with van der Waals surface area (Å²) in [5.41, 5.74) is 0. The van der Waals surface area contributed by atoms with Crippen molar-refractivity contribution in [2.45, 2.75) is 0 Å². The number of aromatic nitrogens is 1. The van der Waals surface area contributed by atoms with Gasteiger partial charge in [-0.15, -0.1) is 0 Å². The van der Waals surface area contributed by atoms with E-state index in [0.717, 1.165) is 6.20 Å². The highest BCUT2D eigenvalue weighted by Gasteiger charge is 1.79. The van der Waals surface area contributed by atoms with E-state index < -0.39 is 0 Å². The summed E-state index contributed by atoms with van der Waals surface area (Å²) < 4.78 is 11.8. The Morgan fingerprint density at radius 3 is 2.86 bits per heavy atom. The van der Waals surface area contributed by atoms with Crippen LogP contribution in [0.2, 0.25) is 0 Å². The first-order chi connectivity index (χ1) is 3.39. The molecule has 7 heavy (non-hydrogen) atoms. The van der Waals surface area contributed by atoms with Gasteiger partial charge in [0.25, 0.3) is 0 Å². The molecule has 0 saturated carbocycles. The van der Waals surface area contributed by atoms with Gasteiger partial charge in [-0.3, -0.25) is 4.98 Å². The molecular formula is C5H2FN. The predicted molar refractivity (Wildman–Crippen MR) is 21.9 cm³/mol. The van der Waals surface area contributed by atoms with Crippen molar-refractivity contribution >= 4 is 0 Å². The van der Waals surface area contributed by atoms with Crippen molar-refractivity contribution in [2.24, 2.45) is 0 Å². The molecule has 0 aromatic carbocycles. The molecule has 0 atom stereocenters. The molecule has 1 heterocycles. The standard InChI is InChI=1S/C5H2FN/c6-5-2-1-3-7-4-5/h2,4H. The summed E-state index contributed by atoms with van der Waals surface area (Å²) in [7, 11) is 0. The molecule has 0 aliphatic carbocycles. The molecule has 0 N–H and O–H groups in total. The average Bonchev–Trinajstić information content (AvgIpc) is 1.69. The van der Waals surface area contributed by atoms with E-state index in [9.17, 15) is 4.39 Å². The van der Waals surface area contributed by atoms with Crippen LogP contribution in [0.3, 0.4) is 0 Å². The summed E-state index contributed by atoms with van der Waals surface area (Å²) in [5.74, 6) is -0.376. The monoisotopic (exact) mass is 95.0 g/mol. The molecular weight excluding hydrogens is 93.1 g/mol. The molecule has 1 nitrogen and oxygen atoms in total.